The molecule has 0 aliphatic carbocycles. The zero-order valence-electron chi connectivity index (χ0n) is 17.2. The molecule has 4 nitrogen and oxygen atoms in total. The number of ether oxygens (including phenoxy) is 2. The van der Waals surface area contributed by atoms with E-state index in [1.54, 1.807) is 7.11 Å². The van der Waals surface area contributed by atoms with Crippen molar-refractivity contribution in [2.75, 3.05) is 20.3 Å². The molecule has 2 unspecified atom stereocenters. The predicted octanol–water partition coefficient (Wildman–Crippen LogP) is 5.09. The first-order chi connectivity index (χ1) is 14.2. The maximum absolute atomic E-state index is 10.6. The molecule has 152 valence electrons. The summed E-state index contributed by atoms with van der Waals surface area (Å²) in [4.78, 5) is 15.5. The second kappa shape index (κ2) is 10.7. The Morgan fingerprint density at radius 2 is 1.72 bits per heavy atom. The zero-order valence-corrected chi connectivity index (χ0v) is 17.2. The van der Waals surface area contributed by atoms with E-state index in [0.29, 0.717) is 13.0 Å². The molecule has 0 spiro atoms. The van der Waals surface area contributed by atoms with Crippen molar-refractivity contribution in [3.8, 4) is 5.75 Å². The lowest BCUT2D eigenvalue weighted by atomic mass is 9.83. The van der Waals surface area contributed by atoms with Gasteiger partial charge in [0.15, 0.2) is 0 Å². The summed E-state index contributed by atoms with van der Waals surface area (Å²) >= 11 is 0. The van der Waals surface area contributed by atoms with E-state index >= 15 is 0 Å². The highest BCUT2D eigenvalue weighted by Gasteiger charge is 2.25. The lowest BCUT2D eigenvalue weighted by Crippen LogP contribution is -2.14. The Balaban J connectivity index is 1.86. The summed E-state index contributed by atoms with van der Waals surface area (Å²) < 4.78 is 10.8. The van der Waals surface area contributed by atoms with Gasteiger partial charge in [0, 0.05) is 25.2 Å². The number of carbonyl (C=O) groups is 1. The van der Waals surface area contributed by atoms with Crippen LogP contribution in [0.3, 0.4) is 0 Å². The molecule has 0 saturated carbocycles. The van der Waals surface area contributed by atoms with Gasteiger partial charge in [-0.2, -0.15) is 0 Å². The molecule has 0 amide bonds. The number of benzene rings is 2. The number of carbonyl (C=O) groups excluding carboxylic acids is 1. The van der Waals surface area contributed by atoms with Gasteiger partial charge in [-0.1, -0.05) is 42.5 Å². The van der Waals surface area contributed by atoms with Crippen molar-refractivity contribution in [1.29, 1.82) is 0 Å². The van der Waals surface area contributed by atoms with E-state index in [1.165, 1.54) is 16.7 Å². The third kappa shape index (κ3) is 5.64. The Morgan fingerprint density at radius 3 is 2.38 bits per heavy atom. The van der Waals surface area contributed by atoms with E-state index in [1.807, 2.05) is 25.3 Å². The molecule has 0 radical (unpaired) electrons. The number of rotatable bonds is 10. The van der Waals surface area contributed by atoms with Crippen LogP contribution in [0.1, 0.15) is 48.4 Å². The van der Waals surface area contributed by atoms with Crippen LogP contribution in [0.25, 0.3) is 0 Å². The minimum atomic E-state index is 0.0255. The number of aryl methyl sites for hydroxylation is 1. The summed E-state index contributed by atoms with van der Waals surface area (Å²) in [6.07, 6.45) is 7.48. The normalized spacial score (nSPS) is 18.3. The van der Waals surface area contributed by atoms with Crippen LogP contribution in [-0.4, -0.2) is 32.8 Å². The van der Waals surface area contributed by atoms with Crippen molar-refractivity contribution in [3.63, 3.8) is 0 Å². The molecule has 2 atom stereocenters. The van der Waals surface area contributed by atoms with Crippen molar-refractivity contribution >= 4 is 12.5 Å². The van der Waals surface area contributed by atoms with Gasteiger partial charge in [0.1, 0.15) is 12.0 Å². The topological polar surface area (TPSA) is 47.9 Å². The minimum absolute atomic E-state index is 0.0255. The van der Waals surface area contributed by atoms with Gasteiger partial charge in [-0.05, 0) is 54.2 Å². The van der Waals surface area contributed by atoms with Crippen LogP contribution in [0.4, 0.5) is 0 Å². The molecular formula is C25H29NO3. The van der Waals surface area contributed by atoms with Crippen molar-refractivity contribution < 1.29 is 14.3 Å². The number of aliphatic imine (C=N–C) groups is 1. The molecule has 29 heavy (non-hydrogen) atoms. The third-order valence-electron chi connectivity index (χ3n) is 5.25. The lowest BCUT2D eigenvalue weighted by molar-refractivity contribution is -0.107. The fourth-order valence-corrected chi connectivity index (χ4v) is 3.62. The number of hydrogen-bond donors (Lipinski definition) is 0. The fourth-order valence-electron chi connectivity index (χ4n) is 3.62. The van der Waals surface area contributed by atoms with Crippen LogP contribution in [0, 0.1) is 0 Å². The molecule has 3 rings (SSSR count). The van der Waals surface area contributed by atoms with Crippen LogP contribution in [0.5, 0.6) is 5.75 Å². The summed E-state index contributed by atoms with van der Waals surface area (Å²) in [6.45, 7) is 3.45. The lowest BCUT2D eigenvalue weighted by Gasteiger charge is -2.27. The number of aldehydes is 1. The summed E-state index contributed by atoms with van der Waals surface area (Å²) in [6, 6.07) is 16.7. The van der Waals surface area contributed by atoms with Crippen LogP contribution < -0.4 is 4.74 Å². The average Bonchev–Trinajstić information content (AvgIpc) is 2.78. The van der Waals surface area contributed by atoms with Crippen LogP contribution in [0.15, 0.2) is 65.2 Å². The maximum Gasteiger partial charge on any atom is 0.120 e. The molecule has 2 aromatic rings. The van der Waals surface area contributed by atoms with E-state index in [9.17, 15) is 4.79 Å². The maximum atomic E-state index is 10.6. The quantitative estimate of drug-likeness (QED) is 0.419. The third-order valence-corrected chi connectivity index (χ3v) is 5.25. The molecule has 0 bridgehead atoms. The number of dihydropyridines is 1. The first-order valence-corrected chi connectivity index (χ1v) is 10.2. The monoisotopic (exact) mass is 391 g/mol. The Bertz CT molecular complexity index is 837. The first-order valence-electron chi connectivity index (χ1n) is 10.2. The molecule has 0 saturated heterocycles. The van der Waals surface area contributed by atoms with Crippen molar-refractivity contribution in [1.82, 2.24) is 0 Å². The highest BCUT2D eigenvalue weighted by atomic mass is 16.5. The van der Waals surface area contributed by atoms with Crippen LogP contribution >= 0.6 is 0 Å². The number of hydrogen-bond acceptors (Lipinski definition) is 4. The molecule has 1 heterocycles. The van der Waals surface area contributed by atoms with E-state index in [-0.39, 0.29) is 12.0 Å². The summed E-state index contributed by atoms with van der Waals surface area (Å²) in [5.41, 5.74) is 4.78. The summed E-state index contributed by atoms with van der Waals surface area (Å²) in [5, 5.41) is 0. The molecular weight excluding hydrogens is 362 g/mol. The number of nitrogens with zero attached hydrogens (tertiary/aromatic N) is 1. The van der Waals surface area contributed by atoms with Gasteiger partial charge in [0.05, 0.1) is 19.8 Å². The van der Waals surface area contributed by atoms with Gasteiger partial charge in [0.25, 0.3) is 0 Å². The van der Waals surface area contributed by atoms with Crippen LogP contribution in [0.2, 0.25) is 0 Å². The Labute approximate surface area is 173 Å². The minimum Gasteiger partial charge on any atom is -0.497 e. The summed E-state index contributed by atoms with van der Waals surface area (Å²) in [5.74, 6) is 1.00. The standard InChI is InChI=1S/C25H29NO3/c1-3-29-16-14-20-17-24(21-8-6-19(7-9-21)5-4-15-27)25(26-18-20)22-10-12-23(28-2)13-11-22/h6-13,15,17-18,24-25H,3-5,14,16H2,1-2H3. The zero-order chi connectivity index (χ0) is 20.5. The molecule has 0 aromatic heterocycles. The fraction of sp³-hybridized carbons (Fsp3) is 0.360. The Kier molecular flexibility index (Phi) is 7.77. The van der Waals surface area contributed by atoms with Gasteiger partial charge >= 0.3 is 0 Å². The van der Waals surface area contributed by atoms with Gasteiger partial charge in [0.2, 0.25) is 0 Å². The van der Waals surface area contributed by atoms with Gasteiger partial charge < -0.3 is 14.3 Å². The summed E-state index contributed by atoms with van der Waals surface area (Å²) in [7, 11) is 1.68. The SMILES string of the molecule is CCOCCC1=CC(c2ccc(CCC=O)cc2)C(c2ccc(OC)cc2)N=C1. The molecule has 0 fully saturated rings. The van der Waals surface area contributed by atoms with E-state index in [0.717, 1.165) is 37.0 Å². The molecule has 1 aliphatic rings. The Morgan fingerprint density at radius 1 is 1.00 bits per heavy atom. The van der Waals surface area contributed by atoms with Gasteiger partial charge in [-0.3, -0.25) is 4.99 Å². The van der Waals surface area contributed by atoms with Crippen molar-refractivity contribution in [3.05, 3.63) is 76.9 Å². The molecule has 0 N–H and O–H groups in total. The molecule has 4 heteroatoms. The second-order valence-electron chi connectivity index (χ2n) is 7.16. The van der Waals surface area contributed by atoms with Crippen LogP contribution in [-0.2, 0) is 16.0 Å². The van der Waals surface area contributed by atoms with Gasteiger partial charge in [-0.15, -0.1) is 0 Å². The highest BCUT2D eigenvalue weighted by molar-refractivity contribution is 5.80. The Hall–Kier alpha value is -2.72. The van der Waals surface area contributed by atoms with Crippen molar-refractivity contribution in [2.45, 2.75) is 38.1 Å². The predicted molar refractivity (Wildman–Crippen MR) is 117 cm³/mol. The average molecular weight is 392 g/mol. The molecule has 2 aromatic carbocycles. The van der Waals surface area contributed by atoms with E-state index < -0.39 is 0 Å². The first kappa shape index (κ1) is 21.0. The largest absolute Gasteiger partial charge is 0.497 e. The molecule has 1 aliphatic heterocycles. The highest BCUT2D eigenvalue weighted by Crippen LogP contribution is 2.39. The smallest absolute Gasteiger partial charge is 0.120 e. The van der Waals surface area contributed by atoms with E-state index in [2.05, 4.69) is 42.5 Å². The second-order valence-corrected chi connectivity index (χ2v) is 7.16. The number of methoxy groups -OCH3 is 1. The van der Waals surface area contributed by atoms with Gasteiger partial charge in [-0.25, -0.2) is 0 Å². The van der Waals surface area contributed by atoms with Crippen molar-refractivity contribution in [2.24, 2.45) is 4.99 Å². The van der Waals surface area contributed by atoms with E-state index in [4.69, 9.17) is 14.5 Å².